The average Bonchev–Trinajstić information content (AvgIpc) is 3.57. The summed E-state index contributed by atoms with van der Waals surface area (Å²) in [5, 5.41) is 0. The maximum absolute atomic E-state index is 13.1. The number of amides is 2. The molecule has 2 aromatic rings. The fourth-order valence-corrected chi connectivity index (χ4v) is 3.65. The first-order chi connectivity index (χ1) is 13.0. The Morgan fingerprint density at radius 2 is 1.67 bits per heavy atom. The van der Waals surface area contributed by atoms with Crippen LogP contribution in [0.5, 0.6) is 0 Å². The second-order valence-corrected chi connectivity index (χ2v) is 8.45. The van der Waals surface area contributed by atoms with E-state index in [2.05, 4.69) is 15.9 Å². The topological polar surface area (TPSA) is 45.6 Å². The van der Waals surface area contributed by atoms with Crippen molar-refractivity contribution in [1.82, 2.24) is 14.4 Å². The number of carbonyl (C=O) groups is 2. The van der Waals surface area contributed by atoms with Gasteiger partial charge < -0.3 is 14.4 Å². The number of aromatic nitrogens is 1. The van der Waals surface area contributed by atoms with Gasteiger partial charge in [-0.05, 0) is 62.1 Å². The number of aryl methyl sites for hydroxylation is 1. The van der Waals surface area contributed by atoms with Crippen LogP contribution in [0.15, 0.2) is 47.1 Å². The van der Waals surface area contributed by atoms with Crippen LogP contribution in [-0.4, -0.2) is 44.8 Å². The highest BCUT2D eigenvalue weighted by Gasteiger charge is 2.38. The van der Waals surface area contributed by atoms with Crippen LogP contribution >= 0.6 is 15.9 Å². The summed E-state index contributed by atoms with van der Waals surface area (Å²) < 4.78 is 2.99. The van der Waals surface area contributed by atoms with E-state index >= 15 is 0 Å². The molecule has 0 radical (unpaired) electrons. The minimum absolute atomic E-state index is 0.0482. The van der Waals surface area contributed by atoms with Gasteiger partial charge in [-0.25, -0.2) is 0 Å². The molecule has 27 heavy (non-hydrogen) atoms. The van der Waals surface area contributed by atoms with Crippen LogP contribution in [0.25, 0.3) is 0 Å². The molecule has 0 spiro atoms. The summed E-state index contributed by atoms with van der Waals surface area (Å²) in [6.45, 7) is 0.776. The highest BCUT2D eigenvalue weighted by atomic mass is 79.9. The smallest absolute Gasteiger partial charge is 0.254 e. The van der Waals surface area contributed by atoms with Crippen LogP contribution in [0, 0.1) is 0 Å². The molecular weight excluding hydrogens is 406 g/mol. The van der Waals surface area contributed by atoms with Gasteiger partial charge in [-0.2, -0.15) is 0 Å². The number of hydrogen-bond donors (Lipinski definition) is 0. The molecule has 2 amide bonds. The Labute approximate surface area is 168 Å². The van der Waals surface area contributed by atoms with Gasteiger partial charge in [0.15, 0.2) is 0 Å². The van der Waals surface area contributed by atoms with Crippen LogP contribution in [0.1, 0.15) is 41.7 Å². The van der Waals surface area contributed by atoms with Crippen LogP contribution in [0.2, 0.25) is 0 Å². The van der Waals surface area contributed by atoms with Gasteiger partial charge in [-0.3, -0.25) is 9.59 Å². The summed E-state index contributed by atoms with van der Waals surface area (Å²) in [7, 11) is 2.00. The molecule has 2 saturated carbocycles. The third kappa shape index (κ3) is 4.26. The molecule has 0 N–H and O–H groups in total. The average molecular weight is 430 g/mol. The molecule has 1 aromatic heterocycles. The Kier molecular flexibility index (Phi) is 5.08. The van der Waals surface area contributed by atoms with Crippen molar-refractivity contribution in [2.24, 2.45) is 7.05 Å². The number of hydrogen-bond acceptors (Lipinski definition) is 2. The van der Waals surface area contributed by atoms with Gasteiger partial charge in [0.05, 0.1) is 6.54 Å². The fourth-order valence-electron chi connectivity index (χ4n) is 3.39. The molecule has 142 valence electrons. The van der Waals surface area contributed by atoms with E-state index in [1.165, 1.54) is 0 Å². The monoisotopic (exact) mass is 429 g/mol. The summed E-state index contributed by atoms with van der Waals surface area (Å²) in [4.78, 5) is 29.8. The lowest BCUT2D eigenvalue weighted by Gasteiger charge is -2.28. The number of benzene rings is 1. The Morgan fingerprint density at radius 1 is 1.04 bits per heavy atom. The van der Waals surface area contributed by atoms with E-state index in [0.29, 0.717) is 18.2 Å². The quantitative estimate of drug-likeness (QED) is 0.674. The second kappa shape index (κ2) is 7.50. The van der Waals surface area contributed by atoms with Gasteiger partial charge in [-0.1, -0.05) is 15.9 Å². The summed E-state index contributed by atoms with van der Waals surface area (Å²) in [6, 6.07) is 11.9. The maximum atomic E-state index is 13.1. The molecule has 2 aliphatic rings. The Hall–Kier alpha value is -2.08. The second-order valence-electron chi connectivity index (χ2n) is 7.53. The number of nitrogens with zero attached hydrogens (tertiary/aromatic N) is 3. The molecule has 2 aliphatic carbocycles. The summed E-state index contributed by atoms with van der Waals surface area (Å²) >= 11 is 3.40. The van der Waals surface area contributed by atoms with E-state index in [0.717, 1.165) is 35.8 Å². The van der Waals surface area contributed by atoms with Crippen LogP contribution in [0.3, 0.4) is 0 Å². The van der Waals surface area contributed by atoms with Gasteiger partial charge in [-0.15, -0.1) is 0 Å². The molecule has 4 rings (SSSR count). The lowest BCUT2D eigenvalue weighted by Crippen LogP contribution is -2.44. The van der Waals surface area contributed by atoms with E-state index in [9.17, 15) is 9.59 Å². The first-order valence-corrected chi connectivity index (χ1v) is 10.3. The van der Waals surface area contributed by atoms with Crippen molar-refractivity contribution >= 4 is 27.7 Å². The standard InChI is InChI=1S/C21H24BrN3O2/c1-23-12-2-3-19(23)13-24(17-8-9-17)20(26)14-25(18-10-11-18)21(27)15-4-6-16(22)7-5-15/h2-7,12,17-18H,8-11,13-14H2,1H3. The highest BCUT2D eigenvalue weighted by Crippen LogP contribution is 2.31. The first kappa shape index (κ1) is 18.3. The molecule has 0 unspecified atom stereocenters. The Morgan fingerprint density at radius 3 is 2.22 bits per heavy atom. The Balaban J connectivity index is 1.48. The van der Waals surface area contributed by atoms with Gasteiger partial charge >= 0.3 is 0 Å². The van der Waals surface area contributed by atoms with Crippen molar-refractivity contribution in [3.8, 4) is 0 Å². The largest absolute Gasteiger partial charge is 0.353 e. The molecule has 5 nitrogen and oxygen atoms in total. The minimum Gasteiger partial charge on any atom is -0.353 e. The summed E-state index contributed by atoms with van der Waals surface area (Å²) in [5.74, 6) is 0.00373. The van der Waals surface area contributed by atoms with Crippen molar-refractivity contribution in [1.29, 1.82) is 0 Å². The van der Waals surface area contributed by atoms with Crippen molar-refractivity contribution in [3.05, 3.63) is 58.3 Å². The van der Waals surface area contributed by atoms with E-state index < -0.39 is 0 Å². The zero-order valence-corrected chi connectivity index (χ0v) is 17.1. The Bertz CT molecular complexity index is 837. The summed E-state index contributed by atoms with van der Waals surface area (Å²) in [6.07, 6.45) is 6.08. The highest BCUT2D eigenvalue weighted by molar-refractivity contribution is 9.10. The third-order valence-electron chi connectivity index (χ3n) is 5.34. The van der Waals surface area contributed by atoms with Gasteiger partial charge in [0.25, 0.3) is 5.91 Å². The molecule has 0 bridgehead atoms. The molecule has 2 fully saturated rings. The SMILES string of the molecule is Cn1cccc1CN(C(=O)CN(C(=O)c1ccc(Br)cc1)C1CC1)C1CC1. The van der Waals surface area contributed by atoms with Gasteiger partial charge in [0, 0.05) is 41.1 Å². The van der Waals surface area contributed by atoms with Gasteiger partial charge in [0.1, 0.15) is 6.54 Å². The van der Waals surface area contributed by atoms with Crippen molar-refractivity contribution in [3.63, 3.8) is 0 Å². The minimum atomic E-state index is -0.0482. The van der Waals surface area contributed by atoms with Crippen LogP contribution in [0.4, 0.5) is 0 Å². The van der Waals surface area contributed by atoms with Crippen molar-refractivity contribution in [2.45, 2.75) is 44.3 Å². The van der Waals surface area contributed by atoms with Crippen molar-refractivity contribution in [2.75, 3.05) is 6.54 Å². The predicted molar refractivity (Wildman–Crippen MR) is 107 cm³/mol. The maximum Gasteiger partial charge on any atom is 0.254 e. The molecule has 1 heterocycles. The molecule has 6 heteroatoms. The third-order valence-corrected chi connectivity index (χ3v) is 5.87. The number of carbonyl (C=O) groups excluding carboxylic acids is 2. The molecule has 1 aromatic carbocycles. The predicted octanol–water partition coefficient (Wildman–Crippen LogP) is 3.58. The van der Waals surface area contributed by atoms with E-state index in [4.69, 9.17) is 0 Å². The van der Waals surface area contributed by atoms with Crippen LogP contribution < -0.4 is 0 Å². The normalized spacial score (nSPS) is 16.2. The molecule has 0 aliphatic heterocycles. The molecule has 0 atom stereocenters. The van der Waals surface area contributed by atoms with E-state index in [1.54, 1.807) is 4.90 Å². The molecular formula is C21H24BrN3O2. The zero-order chi connectivity index (χ0) is 19.0. The van der Waals surface area contributed by atoms with E-state index in [1.807, 2.05) is 59.1 Å². The van der Waals surface area contributed by atoms with Crippen molar-refractivity contribution < 1.29 is 9.59 Å². The fraction of sp³-hybridized carbons (Fsp3) is 0.429. The summed E-state index contributed by atoms with van der Waals surface area (Å²) in [5.41, 5.74) is 1.76. The number of rotatable bonds is 7. The number of halogens is 1. The lowest BCUT2D eigenvalue weighted by atomic mass is 10.2. The van der Waals surface area contributed by atoms with E-state index in [-0.39, 0.29) is 24.4 Å². The zero-order valence-electron chi connectivity index (χ0n) is 15.5. The first-order valence-electron chi connectivity index (χ1n) is 9.49. The lowest BCUT2D eigenvalue weighted by molar-refractivity contribution is -0.133. The molecule has 0 saturated heterocycles. The van der Waals surface area contributed by atoms with Crippen LogP contribution in [-0.2, 0) is 18.4 Å². The van der Waals surface area contributed by atoms with Gasteiger partial charge in [0.2, 0.25) is 5.91 Å².